The summed E-state index contributed by atoms with van der Waals surface area (Å²) >= 11 is 0. The van der Waals surface area contributed by atoms with Gasteiger partial charge in [-0.3, -0.25) is 4.79 Å². The molecule has 0 spiro atoms. The Morgan fingerprint density at radius 3 is 1.88 bits per heavy atom. The third-order valence-corrected chi connectivity index (χ3v) is 2.05. The molecule has 0 saturated heterocycles. The Hall–Kier alpha value is -0.610. The average molecular weight is 247 g/mol. The molecule has 17 heavy (non-hydrogen) atoms. The van der Waals surface area contributed by atoms with Crippen LogP contribution in [0.5, 0.6) is 0 Å². The molecule has 0 unspecified atom stereocenters. The second-order valence-corrected chi connectivity index (χ2v) is 3.87. The first-order valence-corrected chi connectivity index (χ1v) is 6.42. The minimum atomic E-state index is -0.0370. The number of carbonyl (C=O) groups excluding carboxylic acids is 1. The number of nitrogens with zero attached hydrogens (tertiary/aromatic N) is 1. The molecule has 0 aliphatic heterocycles. The summed E-state index contributed by atoms with van der Waals surface area (Å²) in [4.78, 5) is 12.5. The van der Waals surface area contributed by atoms with Gasteiger partial charge in [-0.15, -0.1) is 0 Å². The number of unbranched alkanes of at least 4 members (excludes halogenated alkanes) is 1. The van der Waals surface area contributed by atoms with Crippen LogP contribution in [0.15, 0.2) is 0 Å². The third kappa shape index (κ3) is 15.4. The second-order valence-electron chi connectivity index (χ2n) is 3.87. The van der Waals surface area contributed by atoms with Crippen LogP contribution in [0.4, 0.5) is 0 Å². The SMILES string of the molecule is CCCCC(=O)N(C)C.CCOC(C)OCC. The molecule has 0 radical (unpaired) electrons. The highest BCUT2D eigenvalue weighted by Gasteiger charge is 2.00. The van der Waals surface area contributed by atoms with Crippen LogP contribution >= 0.6 is 0 Å². The van der Waals surface area contributed by atoms with E-state index in [2.05, 4.69) is 6.92 Å². The van der Waals surface area contributed by atoms with Crippen LogP contribution in [0.1, 0.15) is 47.0 Å². The van der Waals surface area contributed by atoms with Gasteiger partial charge in [0.25, 0.3) is 0 Å². The summed E-state index contributed by atoms with van der Waals surface area (Å²) < 4.78 is 10.1. The highest BCUT2D eigenvalue weighted by Crippen LogP contribution is 1.95. The third-order valence-electron chi connectivity index (χ3n) is 2.05. The van der Waals surface area contributed by atoms with E-state index >= 15 is 0 Å². The van der Waals surface area contributed by atoms with Gasteiger partial charge < -0.3 is 14.4 Å². The van der Waals surface area contributed by atoms with E-state index in [9.17, 15) is 4.79 Å². The van der Waals surface area contributed by atoms with Crippen LogP contribution in [0.3, 0.4) is 0 Å². The zero-order chi connectivity index (χ0) is 13.7. The van der Waals surface area contributed by atoms with Crippen molar-refractivity contribution in [2.24, 2.45) is 0 Å². The molecule has 4 nitrogen and oxygen atoms in total. The minimum absolute atomic E-state index is 0.0370. The largest absolute Gasteiger partial charge is 0.353 e. The Kier molecular flexibility index (Phi) is 14.8. The lowest BCUT2D eigenvalue weighted by Gasteiger charge is -2.09. The summed E-state index contributed by atoms with van der Waals surface area (Å²) in [5, 5.41) is 0. The smallest absolute Gasteiger partial charge is 0.222 e. The van der Waals surface area contributed by atoms with Gasteiger partial charge in [-0.05, 0) is 27.2 Å². The van der Waals surface area contributed by atoms with E-state index in [1.807, 2.05) is 20.8 Å². The Bertz CT molecular complexity index is 166. The maximum atomic E-state index is 10.8. The van der Waals surface area contributed by atoms with Gasteiger partial charge in [0.2, 0.25) is 5.91 Å². The molecule has 0 aliphatic rings. The molecule has 0 aromatic carbocycles. The van der Waals surface area contributed by atoms with Crippen molar-refractivity contribution in [1.29, 1.82) is 0 Å². The molecule has 0 N–H and O–H groups in total. The molecule has 1 amide bonds. The Morgan fingerprint density at radius 1 is 1.12 bits per heavy atom. The van der Waals surface area contributed by atoms with Gasteiger partial charge in [-0.25, -0.2) is 0 Å². The lowest BCUT2D eigenvalue weighted by atomic mass is 10.2. The second kappa shape index (κ2) is 13.5. The van der Waals surface area contributed by atoms with E-state index < -0.39 is 0 Å². The Labute approximate surface area is 106 Å². The molecular formula is C13H29NO3. The molecule has 0 aromatic heterocycles. The molecule has 0 atom stereocenters. The molecule has 4 heteroatoms. The zero-order valence-corrected chi connectivity index (χ0v) is 12.3. The molecule has 0 aromatic rings. The van der Waals surface area contributed by atoms with Gasteiger partial charge >= 0.3 is 0 Å². The first-order valence-electron chi connectivity index (χ1n) is 6.42. The van der Waals surface area contributed by atoms with E-state index in [1.54, 1.807) is 19.0 Å². The number of carbonyl (C=O) groups is 1. The number of ether oxygens (including phenoxy) is 2. The highest BCUT2D eigenvalue weighted by molar-refractivity contribution is 5.75. The monoisotopic (exact) mass is 247 g/mol. The van der Waals surface area contributed by atoms with Crippen molar-refractivity contribution in [1.82, 2.24) is 4.90 Å². The molecule has 104 valence electrons. The fourth-order valence-electron chi connectivity index (χ4n) is 1.07. The number of hydrogen-bond donors (Lipinski definition) is 0. The van der Waals surface area contributed by atoms with Crippen LogP contribution < -0.4 is 0 Å². The van der Waals surface area contributed by atoms with Crippen molar-refractivity contribution < 1.29 is 14.3 Å². The van der Waals surface area contributed by atoms with Crippen molar-refractivity contribution in [3.05, 3.63) is 0 Å². The van der Waals surface area contributed by atoms with Crippen LogP contribution in [0.2, 0.25) is 0 Å². The van der Waals surface area contributed by atoms with E-state index in [0.717, 1.165) is 26.1 Å². The summed E-state index contributed by atoms with van der Waals surface area (Å²) in [6, 6.07) is 0. The summed E-state index contributed by atoms with van der Waals surface area (Å²) in [7, 11) is 3.58. The summed E-state index contributed by atoms with van der Waals surface area (Å²) in [6.45, 7) is 9.34. The summed E-state index contributed by atoms with van der Waals surface area (Å²) in [6.07, 6.45) is 2.77. The van der Waals surface area contributed by atoms with Crippen molar-refractivity contribution in [3.63, 3.8) is 0 Å². The molecular weight excluding hydrogens is 218 g/mol. The molecule has 0 bridgehead atoms. The lowest BCUT2D eigenvalue weighted by molar-refractivity contribution is -0.128. The van der Waals surface area contributed by atoms with Crippen LogP contribution in [0.25, 0.3) is 0 Å². The number of rotatable bonds is 7. The molecule has 0 aliphatic carbocycles. The average Bonchev–Trinajstić information content (AvgIpc) is 2.27. The van der Waals surface area contributed by atoms with Gasteiger partial charge in [0.05, 0.1) is 0 Å². The van der Waals surface area contributed by atoms with Gasteiger partial charge in [0.1, 0.15) is 0 Å². The summed E-state index contributed by atoms with van der Waals surface area (Å²) in [5.74, 6) is 0.233. The number of amides is 1. The van der Waals surface area contributed by atoms with E-state index in [4.69, 9.17) is 9.47 Å². The van der Waals surface area contributed by atoms with Gasteiger partial charge in [0.15, 0.2) is 6.29 Å². The van der Waals surface area contributed by atoms with E-state index in [0.29, 0.717) is 6.42 Å². The first kappa shape index (κ1) is 18.7. The molecule has 0 heterocycles. The maximum absolute atomic E-state index is 10.8. The maximum Gasteiger partial charge on any atom is 0.222 e. The molecule has 0 rings (SSSR count). The van der Waals surface area contributed by atoms with Gasteiger partial charge in [-0.2, -0.15) is 0 Å². The summed E-state index contributed by atoms with van der Waals surface area (Å²) in [5.41, 5.74) is 0. The fraction of sp³-hybridized carbons (Fsp3) is 0.923. The van der Waals surface area contributed by atoms with Crippen molar-refractivity contribution in [3.8, 4) is 0 Å². The van der Waals surface area contributed by atoms with Crippen LogP contribution in [-0.4, -0.2) is 44.4 Å². The van der Waals surface area contributed by atoms with Crippen molar-refractivity contribution in [2.75, 3.05) is 27.3 Å². The normalized spacial score (nSPS) is 9.82. The Balaban J connectivity index is 0. The topological polar surface area (TPSA) is 38.8 Å². The minimum Gasteiger partial charge on any atom is -0.353 e. The van der Waals surface area contributed by atoms with E-state index in [1.165, 1.54) is 0 Å². The van der Waals surface area contributed by atoms with E-state index in [-0.39, 0.29) is 12.2 Å². The molecule has 0 fully saturated rings. The quantitative estimate of drug-likeness (QED) is 0.649. The van der Waals surface area contributed by atoms with Gasteiger partial charge in [-0.1, -0.05) is 13.3 Å². The van der Waals surface area contributed by atoms with Crippen LogP contribution in [0, 0.1) is 0 Å². The highest BCUT2D eigenvalue weighted by atomic mass is 16.7. The standard InChI is InChI=1S/C7H15NO.C6H14O2/c1-4-5-6-7(9)8(2)3;1-4-7-6(3)8-5-2/h4-6H2,1-3H3;6H,4-5H2,1-3H3. The lowest BCUT2D eigenvalue weighted by Crippen LogP contribution is -2.20. The Morgan fingerprint density at radius 2 is 1.59 bits per heavy atom. The van der Waals surface area contributed by atoms with Gasteiger partial charge in [0, 0.05) is 33.7 Å². The predicted molar refractivity (Wildman–Crippen MR) is 70.9 cm³/mol. The van der Waals surface area contributed by atoms with Crippen molar-refractivity contribution in [2.45, 2.75) is 53.2 Å². The number of hydrogen-bond acceptors (Lipinski definition) is 3. The zero-order valence-electron chi connectivity index (χ0n) is 12.3. The van der Waals surface area contributed by atoms with Crippen molar-refractivity contribution >= 4 is 5.91 Å². The fourth-order valence-corrected chi connectivity index (χ4v) is 1.07. The first-order chi connectivity index (χ1) is 7.99. The predicted octanol–water partition coefficient (Wildman–Crippen LogP) is 2.67. The van der Waals surface area contributed by atoms with Crippen LogP contribution in [-0.2, 0) is 14.3 Å². The molecule has 0 saturated carbocycles.